The Kier molecular flexibility index (Phi) is 5.43. The molecule has 0 spiro atoms. The molecule has 1 aromatic heterocycles. The number of benzene rings is 1. The number of aromatic nitrogens is 1. The molecule has 0 saturated carbocycles. The van der Waals surface area contributed by atoms with Crippen molar-refractivity contribution >= 4 is 16.9 Å². The van der Waals surface area contributed by atoms with Crippen LogP contribution in [0.25, 0.3) is 10.9 Å². The number of hydrogen-bond donors (Lipinski definition) is 0. The van der Waals surface area contributed by atoms with Crippen LogP contribution in [0.4, 0.5) is 0 Å². The zero-order chi connectivity index (χ0) is 16.9. The van der Waals surface area contributed by atoms with Gasteiger partial charge in [0, 0.05) is 38.1 Å². The molecule has 0 bridgehead atoms. The van der Waals surface area contributed by atoms with Gasteiger partial charge in [0.15, 0.2) is 0 Å². The fourth-order valence-electron chi connectivity index (χ4n) is 3.22. The van der Waals surface area contributed by atoms with Gasteiger partial charge in [-0.3, -0.25) is 9.88 Å². The van der Waals surface area contributed by atoms with Crippen LogP contribution in [0.2, 0.25) is 0 Å². The number of fused-ring (bicyclic) bond motifs is 1. The number of carbonyl (C=O) groups is 1. The zero-order valence-corrected chi connectivity index (χ0v) is 14.5. The SMILES string of the molecule is CCCN1CCN(Cc2ccc3cc(C(=O)OC)ccc3n2)CC1. The zero-order valence-electron chi connectivity index (χ0n) is 14.5. The summed E-state index contributed by atoms with van der Waals surface area (Å²) in [6.45, 7) is 8.80. The highest BCUT2D eigenvalue weighted by Gasteiger charge is 2.16. The first-order chi connectivity index (χ1) is 11.7. The Hall–Kier alpha value is -1.98. The highest BCUT2D eigenvalue weighted by molar-refractivity contribution is 5.94. The van der Waals surface area contributed by atoms with Gasteiger partial charge in [0.05, 0.1) is 23.9 Å². The molecule has 128 valence electrons. The van der Waals surface area contributed by atoms with Gasteiger partial charge in [0.2, 0.25) is 0 Å². The maximum Gasteiger partial charge on any atom is 0.337 e. The van der Waals surface area contributed by atoms with Gasteiger partial charge in [-0.1, -0.05) is 13.0 Å². The number of carbonyl (C=O) groups excluding carboxylic acids is 1. The summed E-state index contributed by atoms with van der Waals surface area (Å²) in [5.41, 5.74) is 2.56. The van der Waals surface area contributed by atoms with Crippen LogP contribution < -0.4 is 0 Å². The van der Waals surface area contributed by atoms with Crippen molar-refractivity contribution in [3.8, 4) is 0 Å². The highest BCUT2D eigenvalue weighted by atomic mass is 16.5. The van der Waals surface area contributed by atoms with Crippen molar-refractivity contribution in [2.24, 2.45) is 0 Å². The van der Waals surface area contributed by atoms with Crippen LogP contribution in [-0.4, -0.2) is 60.6 Å². The summed E-state index contributed by atoms with van der Waals surface area (Å²) < 4.78 is 4.77. The van der Waals surface area contributed by atoms with E-state index in [0.717, 1.165) is 49.3 Å². The minimum atomic E-state index is -0.314. The van der Waals surface area contributed by atoms with E-state index in [1.807, 2.05) is 18.2 Å². The molecule has 1 aliphatic heterocycles. The quantitative estimate of drug-likeness (QED) is 0.790. The molecular formula is C19H25N3O2. The van der Waals surface area contributed by atoms with Crippen molar-refractivity contribution in [1.29, 1.82) is 0 Å². The van der Waals surface area contributed by atoms with E-state index in [0.29, 0.717) is 5.56 Å². The first-order valence-electron chi connectivity index (χ1n) is 8.62. The van der Waals surface area contributed by atoms with E-state index in [4.69, 9.17) is 9.72 Å². The predicted molar refractivity (Wildman–Crippen MR) is 95.1 cm³/mol. The van der Waals surface area contributed by atoms with Gasteiger partial charge >= 0.3 is 5.97 Å². The van der Waals surface area contributed by atoms with Gasteiger partial charge in [-0.25, -0.2) is 4.79 Å². The van der Waals surface area contributed by atoms with Crippen LogP contribution in [0.3, 0.4) is 0 Å². The third kappa shape index (κ3) is 3.91. The molecule has 5 heteroatoms. The molecule has 0 N–H and O–H groups in total. The summed E-state index contributed by atoms with van der Waals surface area (Å²) in [7, 11) is 1.40. The van der Waals surface area contributed by atoms with Crippen LogP contribution in [0.15, 0.2) is 30.3 Å². The Morgan fingerprint density at radius 2 is 1.88 bits per heavy atom. The van der Waals surface area contributed by atoms with Crippen molar-refractivity contribution in [3.05, 3.63) is 41.6 Å². The molecule has 3 rings (SSSR count). The maximum atomic E-state index is 11.6. The van der Waals surface area contributed by atoms with E-state index >= 15 is 0 Å². The van der Waals surface area contributed by atoms with Crippen LogP contribution in [0.1, 0.15) is 29.4 Å². The van der Waals surface area contributed by atoms with E-state index in [9.17, 15) is 4.79 Å². The second kappa shape index (κ2) is 7.73. The number of esters is 1. The van der Waals surface area contributed by atoms with Crippen molar-refractivity contribution in [2.45, 2.75) is 19.9 Å². The van der Waals surface area contributed by atoms with Gasteiger partial charge in [-0.05, 0) is 37.2 Å². The topological polar surface area (TPSA) is 45.7 Å². The van der Waals surface area contributed by atoms with Crippen LogP contribution in [0.5, 0.6) is 0 Å². The summed E-state index contributed by atoms with van der Waals surface area (Å²) in [4.78, 5) is 21.3. The fraction of sp³-hybridized carbons (Fsp3) is 0.474. The number of pyridine rings is 1. The average Bonchev–Trinajstić information content (AvgIpc) is 2.62. The van der Waals surface area contributed by atoms with Crippen LogP contribution in [-0.2, 0) is 11.3 Å². The molecule has 2 aromatic rings. The minimum Gasteiger partial charge on any atom is -0.465 e. The molecular weight excluding hydrogens is 302 g/mol. The van der Waals surface area contributed by atoms with Gasteiger partial charge < -0.3 is 9.64 Å². The Morgan fingerprint density at radius 3 is 2.58 bits per heavy atom. The van der Waals surface area contributed by atoms with Crippen molar-refractivity contribution in [2.75, 3.05) is 39.8 Å². The second-order valence-corrected chi connectivity index (χ2v) is 6.32. The summed E-state index contributed by atoms with van der Waals surface area (Å²) in [5.74, 6) is -0.314. The lowest BCUT2D eigenvalue weighted by molar-refractivity contribution is 0.0601. The molecule has 0 unspecified atom stereocenters. The molecule has 0 atom stereocenters. The largest absolute Gasteiger partial charge is 0.465 e. The first kappa shape index (κ1) is 16.9. The molecule has 0 aliphatic carbocycles. The Bertz CT molecular complexity index is 709. The van der Waals surface area contributed by atoms with Crippen LogP contribution in [0, 0.1) is 0 Å². The molecule has 24 heavy (non-hydrogen) atoms. The van der Waals surface area contributed by atoms with Crippen molar-refractivity contribution in [1.82, 2.24) is 14.8 Å². The third-order valence-corrected chi connectivity index (χ3v) is 4.56. The molecule has 0 radical (unpaired) electrons. The number of methoxy groups -OCH3 is 1. The molecule has 0 amide bonds. The monoisotopic (exact) mass is 327 g/mol. The minimum absolute atomic E-state index is 0.314. The van der Waals surface area contributed by atoms with E-state index in [1.54, 1.807) is 6.07 Å². The van der Waals surface area contributed by atoms with Crippen LogP contribution >= 0.6 is 0 Å². The molecule has 2 heterocycles. The average molecular weight is 327 g/mol. The second-order valence-electron chi connectivity index (χ2n) is 6.32. The Morgan fingerprint density at radius 1 is 1.12 bits per heavy atom. The number of nitrogens with zero attached hydrogens (tertiary/aromatic N) is 3. The number of ether oxygens (including phenoxy) is 1. The van der Waals surface area contributed by atoms with Gasteiger partial charge in [0.25, 0.3) is 0 Å². The standard InChI is InChI=1S/C19H25N3O2/c1-3-8-21-9-11-22(12-10-21)14-17-6-4-15-13-16(19(23)24-2)5-7-18(15)20-17/h4-7,13H,3,8-12,14H2,1-2H3. The maximum absolute atomic E-state index is 11.6. The lowest BCUT2D eigenvalue weighted by Gasteiger charge is -2.34. The van der Waals surface area contributed by atoms with E-state index in [-0.39, 0.29) is 5.97 Å². The number of rotatable bonds is 5. The van der Waals surface area contributed by atoms with Crippen molar-refractivity contribution in [3.63, 3.8) is 0 Å². The highest BCUT2D eigenvalue weighted by Crippen LogP contribution is 2.17. The fourth-order valence-corrected chi connectivity index (χ4v) is 3.22. The Balaban J connectivity index is 1.67. The Labute approximate surface area is 143 Å². The predicted octanol–water partition coefficient (Wildman–Crippen LogP) is 2.55. The first-order valence-corrected chi connectivity index (χ1v) is 8.62. The molecule has 1 fully saturated rings. The molecule has 1 saturated heterocycles. The summed E-state index contributed by atoms with van der Waals surface area (Å²) >= 11 is 0. The van der Waals surface area contributed by atoms with Crippen molar-refractivity contribution < 1.29 is 9.53 Å². The van der Waals surface area contributed by atoms with E-state index < -0.39 is 0 Å². The van der Waals surface area contributed by atoms with Gasteiger partial charge in [-0.15, -0.1) is 0 Å². The normalized spacial score (nSPS) is 16.4. The van der Waals surface area contributed by atoms with Gasteiger partial charge in [-0.2, -0.15) is 0 Å². The number of piperazine rings is 1. The van der Waals surface area contributed by atoms with E-state index in [1.165, 1.54) is 20.1 Å². The molecule has 1 aromatic carbocycles. The molecule has 1 aliphatic rings. The third-order valence-electron chi connectivity index (χ3n) is 4.56. The number of hydrogen-bond acceptors (Lipinski definition) is 5. The van der Waals surface area contributed by atoms with E-state index in [2.05, 4.69) is 22.8 Å². The summed E-state index contributed by atoms with van der Waals surface area (Å²) in [5, 5.41) is 0.967. The molecule has 5 nitrogen and oxygen atoms in total. The lowest BCUT2D eigenvalue weighted by Crippen LogP contribution is -2.46. The summed E-state index contributed by atoms with van der Waals surface area (Å²) in [6, 6.07) is 9.60. The van der Waals surface area contributed by atoms with Gasteiger partial charge in [0.1, 0.15) is 0 Å². The lowest BCUT2D eigenvalue weighted by atomic mass is 10.1. The smallest absolute Gasteiger partial charge is 0.337 e. The summed E-state index contributed by atoms with van der Waals surface area (Å²) in [6.07, 6.45) is 1.22.